The van der Waals surface area contributed by atoms with E-state index >= 15 is 0 Å². The second-order valence-electron chi connectivity index (χ2n) is 11.9. The molecule has 3 unspecified atom stereocenters. The molecule has 0 radical (unpaired) electrons. The van der Waals surface area contributed by atoms with E-state index in [2.05, 4.69) is 53.2 Å². The molecule has 9 nitrogen and oxygen atoms in total. The van der Waals surface area contributed by atoms with Crippen molar-refractivity contribution in [2.45, 2.75) is 82.9 Å². The highest BCUT2D eigenvalue weighted by Crippen LogP contribution is 2.33. The molecule has 0 spiro atoms. The Balaban J connectivity index is 0.000000530. The lowest BCUT2D eigenvalue weighted by Gasteiger charge is -2.36. The van der Waals surface area contributed by atoms with E-state index in [1.165, 1.54) is 22.4 Å². The van der Waals surface area contributed by atoms with Gasteiger partial charge in [0.1, 0.15) is 17.9 Å². The Morgan fingerprint density at radius 2 is 1.60 bits per heavy atom. The first-order valence-corrected chi connectivity index (χ1v) is 15.8. The largest absolute Gasteiger partial charge is 0.489 e. The van der Waals surface area contributed by atoms with E-state index < -0.39 is 24.6 Å². The van der Waals surface area contributed by atoms with E-state index in [1.54, 1.807) is 7.05 Å². The maximum Gasteiger partial charge on any atom is 0.245 e. The number of para-hydroxylation sites is 1. The average molecular weight is 593 g/mol. The zero-order valence-corrected chi connectivity index (χ0v) is 25.6. The summed E-state index contributed by atoms with van der Waals surface area (Å²) in [4.78, 5) is 40.1. The number of aliphatic hydroxyl groups is 1. The summed E-state index contributed by atoms with van der Waals surface area (Å²) in [5, 5.41) is 18.9. The van der Waals surface area contributed by atoms with Crippen molar-refractivity contribution in [3.63, 3.8) is 0 Å². The van der Waals surface area contributed by atoms with E-state index in [4.69, 9.17) is 4.74 Å². The van der Waals surface area contributed by atoms with Crippen molar-refractivity contribution in [3.8, 4) is 5.75 Å². The number of nitrogens with zero attached hydrogens (tertiary/aromatic N) is 1. The number of fused-ring (bicyclic) bond motifs is 1. The predicted octanol–water partition coefficient (Wildman–Crippen LogP) is 2.91. The minimum Gasteiger partial charge on any atom is -0.489 e. The van der Waals surface area contributed by atoms with Crippen molar-refractivity contribution >= 4 is 17.7 Å². The summed E-state index contributed by atoms with van der Waals surface area (Å²) in [5.74, 6) is 0.0538. The number of carbonyl (C=O) groups excluding carboxylic acids is 3. The van der Waals surface area contributed by atoms with Gasteiger partial charge in [0.15, 0.2) is 0 Å². The van der Waals surface area contributed by atoms with Crippen molar-refractivity contribution in [2.24, 2.45) is 5.92 Å². The third-order valence-corrected chi connectivity index (χ3v) is 8.75. The smallest absolute Gasteiger partial charge is 0.245 e. The zero-order valence-electron chi connectivity index (χ0n) is 25.6. The van der Waals surface area contributed by atoms with Gasteiger partial charge in [-0.15, -0.1) is 0 Å². The number of amides is 3. The number of hydrogen-bond acceptors (Lipinski definition) is 6. The Labute approximate surface area is 255 Å². The molecule has 5 rings (SSSR count). The summed E-state index contributed by atoms with van der Waals surface area (Å²) in [6.07, 6.45) is 8.48. The Morgan fingerprint density at radius 3 is 2.28 bits per heavy atom. The molecule has 1 aliphatic carbocycles. The van der Waals surface area contributed by atoms with Gasteiger partial charge in [0.2, 0.25) is 17.7 Å². The summed E-state index contributed by atoms with van der Waals surface area (Å²) in [5.41, 5.74) is 3.66. The standard InChI is InChI=1S/C27H40N4O5.C7H8/c1-31-22(17-32)26(34)30-16-23(33)28-14-6-11-19-9-5-10-20-12-13-21(36-25(19)20)15-29-24(27(31)35)18-7-3-2-4-8-18;1-7-5-3-2-4-6-7/h5,9-10,18,21-22,24,29,32H,2-4,6-8,11-17H2,1H3,(H,28,33)(H,30,34);2-6H,1H3. The van der Waals surface area contributed by atoms with Gasteiger partial charge < -0.3 is 30.7 Å². The second kappa shape index (κ2) is 16.4. The van der Waals surface area contributed by atoms with Crippen LogP contribution >= 0.6 is 0 Å². The highest BCUT2D eigenvalue weighted by Gasteiger charge is 2.36. The molecule has 2 heterocycles. The monoisotopic (exact) mass is 592 g/mol. The third-order valence-electron chi connectivity index (χ3n) is 8.75. The molecule has 3 amide bonds. The maximum atomic E-state index is 13.7. The molecule has 2 aromatic rings. The van der Waals surface area contributed by atoms with E-state index in [9.17, 15) is 19.5 Å². The van der Waals surface area contributed by atoms with Crippen LogP contribution in [-0.4, -0.2) is 79.2 Å². The predicted molar refractivity (Wildman–Crippen MR) is 167 cm³/mol. The molecule has 234 valence electrons. The Morgan fingerprint density at radius 1 is 0.884 bits per heavy atom. The Hall–Kier alpha value is -3.43. The molecular weight excluding hydrogens is 544 g/mol. The Kier molecular flexibility index (Phi) is 12.4. The molecule has 1 fully saturated rings. The van der Waals surface area contributed by atoms with Crippen molar-refractivity contribution in [1.82, 2.24) is 20.9 Å². The van der Waals surface area contributed by atoms with Gasteiger partial charge in [0.05, 0.1) is 19.2 Å². The van der Waals surface area contributed by atoms with E-state index in [0.29, 0.717) is 13.1 Å². The number of aliphatic hydroxyl groups excluding tert-OH is 1. The summed E-state index contributed by atoms with van der Waals surface area (Å²) in [7, 11) is 1.55. The number of carbonyl (C=O) groups is 3. The molecule has 1 saturated carbocycles. The fourth-order valence-corrected chi connectivity index (χ4v) is 6.19. The summed E-state index contributed by atoms with van der Waals surface area (Å²) in [6, 6.07) is 15.0. The van der Waals surface area contributed by atoms with E-state index in [0.717, 1.165) is 62.7 Å². The number of rotatable bonds is 2. The lowest BCUT2D eigenvalue weighted by molar-refractivity contribution is -0.143. The topological polar surface area (TPSA) is 120 Å². The van der Waals surface area contributed by atoms with Gasteiger partial charge in [-0.2, -0.15) is 0 Å². The lowest BCUT2D eigenvalue weighted by Crippen LogP contribution is -2.58. The molecule has 2 aliphatic heterocycles. The SMILES string of the molecule is CN1C(=O)C(C2CCCCC2)NCC2CCc3cccc(c3O2)CCCNC(=O)CNC(=O)C1CO.Cc1ccccc1. The van der Waals surface area contributed by atoms with Crippen LogP contribution in [0.5, 0.6) is 5.75 Å². The molecule has 2 bridgehead atoms. The van der Waals surface area contributed by atoms with Crippen LogP contribution in [0.4, 0.5) is 0 Å². The highest BCUT2D eigenvalue weighted by atomic mass is 16.5. The molecule has 4 N–H and O–H groups in total. The minimum absolute atomic E-state index is 0.0571. The second-order valence-corrected chi connectivity index (χ2v) is 11.9. The van der Waals surface area contributed by atoms with E-state index in [-0.39, 0.29) is 30.4 Å². The molecule has 2 aromatic carbocycles. The summed E-state index contributed by atoms with van der Waals surface area (Å²) in [6.45, 7) is 2.39. The van der Waals surface area contributed by atoms with Crippen molar-refractivity contribution < 1.29 is 24.2 Å². The normalized spacial score (nSPS) is 24.3. The lowest BCUT2D eigenvalue weighted by atomic mass is 9.83. The van der Waals surface area contributed by atoms with Crippen LogP contribution in [0.15, 0.2) is 48.5 Å². The van der Waals surface area contributed by atoms with Crippen LogP contribution in [0.3, 0.4) is 0 Å². The van der Waals surface area contributed by atoms with Crippen molar-refractivity contribution in [3.05, 3.63) is 65.2 Å². The first-order valence-electron chi connectivity index (χ1n) is 15.8. The number of nitrogens with one attached hydrogen (secondary N) is 3. The number of benzene rings is 2. The molecule has 3 atom stereocenters. The van der Waals surface area contributed by atoms with Gasteiger partial charge in [-0.05, 0) is 62.5 Å². The van der Waals surface area contributed by atoms with Crippen LogP contribution in [0, 0.1) is 12.8 Å². The molecule has 0 saturated heterocycles. The zero-order chi connectivity index (χ0) is 30.6. The van der Waals surface area contributed by atoms with Crippen LogP contribution in [-0.2, 0) is 27.2 Å². The van der Waals surface area contributed by atoms with Gasteiger partial charge in [-0.3, -0.25) is 14.4 Å². The summed E-state index contributed by atoms with van der Waals surface area (Å²) >= 11 is 0. The first-order chi connectivity index (χ1) is 20.9. The van der Waals surface area contributed by atoms with Gasteiger partial charge in [-0.1, -0.05) is 73.4 Å². The number of ether oxygens (including phenoxy) is 1. The molecule has 0 aromatic heterocycles. The van der Waals surface area contributed by atoms with Gasteiger partial charge in [-0.25, -0.2) is 0 Å². The minimum atomic E-state index is -1.06. The van der Waals surface area contributed by atoms with Gasteiger partial charge >= 0.3 is 0 Å². The van der Waals surface area contributed by atoms with Crippen LogP contribution in [0.25, 0.3) is 0 Å². The highest BCUT2D eigenvalue weighted by molar-refractivity contribution is 5.92. The number of hydrogen-bond donors (Lipinski definition) is 4. The number of aryl methyl sites for hydroxylation is 3. The van der Waals surface area contributed by atoms with Crippen LogP contribution in [0.2, 0.25) is 0 Å². The van der Waals surface area contributed by atoms with Crippen LogP contribution in [0.1, 0.15) is 61.6 Å². The van der Waals surface area contributed by atoms with Gasteiger partial charge in [0, 0.05) is 20.1 Å². The fourth-order valence-electron chi connectivity index (χ4n) is 6.19. The van der Waals surface area contributed by atoms with Crippen LogP contribution < -0.4 is 20.7 Å². The number of likely N-dealkylation sites (N-methyl/N-ethyl adjacent to an activating group) is 1. The molecule has 43 heavy (non-hydrogen) atoms. The fraction of sp³-hybridized carbons (Fsp3) is 0.559. The van der Waals surface area contributed by atoms with E-state index in [1.807, 2.05) is 18.2 Å². The van der Waals surface area contributed by atoms with Crippen molar-refractivity contribution in [1.29, 1.82) is 0 Å². The van der Waals surface area contributed by atoms with Crippen molar-refractivity contribution in [2.75, 3.05) is 33.3 Å². The quantitative estimate of drug-likeness (QED) is 0.426. The molecular formula is C34H48N4O5. The van der Waals surface area contributed by atoms with Gasteiger partial charge in [0.25, 0.3) is 0 Å². The molecule has 9 heteroatoms. The third kappa shape index (κ3) is 9.28. The first kappa shape index (κ1) is 32.5. The maximum absolute atomic E-state index is 13.7. The average Bonchev–Trinajstić information content (AvgIpc) is 3.03. The molecule has 3 aliphatic rings. The summed E-state index contributed by atoms with van der Waals surface area (Å²) < 4.78 is 6.46. The Bertz CT molecular complexity index is 1200.